The molecule has 0 radical (unpaired) electrons. The summed E-state index contributed by atoms with van der Waals surface area (Å²) < 4.78 is 0. The predicted octanol–water partition coefficient (Wildman–Crippen LogP) is 1.76. The molecule has 3 N–H and O–H groups in total. The number of anilines is 1. The van der Waals surface area contributed by atoms with Gasteiger partial charge in [0.2, 0.25) is 5.91 Å². The third-order valence-electron chi connectivity index (χ3n) is 3.73. The van der Waals surface area contributed by atoms with Crippen molar-refractivity contribution in [1.29, 1.82) is 0 Å². The summed E-state index contributed by atoms with van der Waals surface area (Å²) in [4.78, 5) is 13.9. The molecule has 1 aromatic rings. The molecule has 0 saturated carbocycles. The number of piperidine rings is 1. The van der Waals surface area contributed by atoms with Gasteiger partial charge in [-0.2, -0.15) is 0 Å². The number of nitrogens with zero attached hydrogens (tertiary/aromatic N) is 1. The summed E-state index contributed by atoms with van der Waals surface area (Å²) in [6, 6.07) is 5.99. The van der Waals surface area contributed by atoms with E-state index in [0.29, 0.717) is 11.6 Å². The van der Waals surface area contributed by atoms with Crippen LogP contribution in [-0.4, -0.2) is 26.0 Å². The average molecular weight is 282 g/mol. The maximum absolute atomic E-state index is 11.6. The summed E-state index contributed by atoms with van der Waals surface area (Å²) in [5.74, 6) is 0.288. The van der Waals surface area contributed by atoms with Crippen molar-refractivity contribution in [3.8, 4) is 0 Å². The van der Waals surface area contributed by atoms with E-state index in [2.05, 4.69) is 10.2 Å². The number of halogens is 1. The van der Waals surface area contributed by atoms with Gasteiger partial charge in [-0.3, -0.25) is 4.79 Å². The quantitative estimate of drug-likeness (QED) is 0.888. The Bertz CT molecular complexity index is 456. The lowest BCUT2D eigenvalue weighted by Gasteiger charge is -2.33. The van der Waals surface area contributed by atoms with Crippen molar-refractivity contribution in [3.05, 3.63) is 28.8 Å². The number of carbonyl (C=O) groups excluding carboxylic acids is 1. The van der Waals surface area contributed by atoms with E-state index < -0.39 is 0 Å². The highest BCUT2D eigenvalue weighted by molar-refractivity contribution is 6.31. The standard InChI is InChI=1S/C14H20ClN3O/c1-17-14(19)10-4-6-18(7-5-10)12-3-2-11(9-16)13(15)8-12/h2-3,8,10H,4-7,9,16H2,1H3,(H,17,19). The molecule has 1 fully saturated rings. The molecule has 0 aliphatic carbocycles. The zero-order chi connectivity index (χ0) is 13.8. The van der Waals surface area contributed by atoms with Crippen LogP contribution in [0.1, 0.15) is 18.4 Å². The van der Waals surface area contributed by atoms with Crippen LogP contribution < -0.4 is 16.0 Å². The van der Waals surface area contributed by atoms with Gasteiger partial charge in [-0.05, 0) is 30.5 Å². The molecule has 0 spiro atoms. The third-order valence-corrected chi connectivity index (χ3v) is 4.09. The summed E-state index contributed by atoms with van der Waals surface area (Å²) in [5.41, 5.74) is 7.68. The number of benzene rings is 1. The Morgan fingerprint density at radius 2 is 2.16 bits per heavy atom. The van der Waals surface area contributed by atoms with Gasteiger partial charge in [-0.15, -0.1) is 0 Å². The highest BCUT2D eigenvalue weighted by Crippen LogP contribution is 2.27. The van der Waals surface area contributed by atoms with Crippen molar-refractivity contribution >= 4 is 23.2 Å². The molecular formula is C14H20ClN3O. The first-order valence-electron chi connectivity index (χ1n) is 6.60. The van der Waals surface area contributed by atoms with Gasteiger partial charge >= 0.3 is 0 Å². The van der Waals surface area contributed by atoms with Gasteiger partial charge in [-0.1, -0.05) is 17.7 Å². The second-order valence-corrected chi connectivity index (χ2v) is 5.26. The fraction of sp³-hybridized carbons (Fsp3) is 0.500. The highest BCUT2D eigenvalue weighted by Gasteiger charge is 2.24. The van der Waals surface area contributed by atoms with E-state index in [1.165, 1.54) is 0 Å². The van der Waals surface area contributed by atoms with Gasteiger partial charge in [0.05, 0.1) is 0 Å². The lowest BCUT2D eigenvalue weighted by atomic mass is 9.95. The van der Waals surface area contributed by atoms with E-state index in [9.17, 15) is 4.79 Å². The molecule has 5 heteroatoms. The van der Waals surface area contributed by atoms with E-state index in [1.54, 1.807) is 7.05 Å². The van der Waals surface area contributed by atoms with Gasteiger partial charge in [0.25, 0.3) is 0 Å². The number of rotatable bonds is 3. The Morgan fingerprint density at radius 1 is 1.47 bits per heavy atom. The molecule has 2 rings (SSSR count). The molecule has 0 unspecified atom stereocenters. The SMILES string of the molecule is CNC(=O)C1CCN(c2ccc(CN)c(Cl)c2)CC1. The highest BCUT2D eigenvalue weighted by atomic mass is 35.5. The number of hydrogen-bond acceptors (Lipinski definition) is 3. The lowest BCUT2D eigenvalue weighted by molar-refractivity contribution is -0.125. The number of carbonyl (C=O) groups is 1. The predicted molar refractivity (Wildman–Crippen MR) is 78.3 cm³/mol. The normalized spacial score (nSPS) is 16.5. The van der Waals surface area contributed by atoms with Crippen LogP contribution in [0.2, 0.25) is 5.02 Å². The lowest BCUT2D eigenvalue weighted by Crippen LogP contribution is -2.39. The summed E-state index contributed by atoms with van der Waals surface area (Å²) >= 11 is 6.18. The molecule has 104 valence electrons. The molecule has 1 heterocycles. The molecule has 0 aromatic heterocycles. The van der Waals surface area contributed by atoms with Crippen LogP contribution in [0.5, 0.6) is 0 Å². The molecule has 1 aliphatic heterocycles. The molecule has 1 aromatic carbocycles. The third kappa shape index (κ3) is 3.19. The van der Waals surface area contributed by atoms with Crippen molar-refractivity contribution in [3.63, 3.8) is 0 Å². The summed E-state index contributed by atoms with van der Waals surface area (Å²) in [5, 5.41) is 3.44. The van der Waals surface area contributed by atoms with Crippen LogP contribution in [-0.2, 0) is 11.3 Å². The van der Waals surface area contributed by atoms with Crippen molar-refractivity contribution in [1.82, 2.24) is 5.32 Å². The van der Waals surface area contributed by atoms with Crippen LogP contribution in [0.25, 0.3) is 0 Å². The molecular weight excluding hydrogens is 262 g/mol. The second kappa shape index (κ2) is 6.26. The first-order chi connectivity index (χ1) is 9.15. The van der Waals surface area contributed by atoms with E-state index in [-0.39, 0.29) is 11.8 Å². The Morgan fingerprint density at radius 3 is 2.68 bits per heavy atom. The Labute approximate surface area is 118 Å². The minimum absolute atomic E-state index is 0.139. The maximum Gasteiger partial charge on any atom is 0.222 e. The van der Waals surface area contributed by atoms with Gasteiger partial charge in [-0.25, -0.2) is 0 Å². The fourth-order valence-corrected chi connectivity index (χ4v) is 2.75. The number of nitrogens with two attached hydrogens (primary N) is 1. The van der Waals surface area contributed by atoms with Crippen molar-refractivity contribution in [2.75, 3.05) is 25.0 Å². The summed E-state index contributed by atoms with van der Waals surface area (Å²) in [7, 11) is 1.69. The van der Waals surface area contributed by atoms with Crippen LogP contribution in [0, 0.1) is 5.92 Å². The number of hydrogen-bond donors (Lipinski definition) is 2. The van der Waals surface area contributed by atoms with Gasteiger partial charge in [0, 0.05) is 43.3 Å². The number of nitrogens with one attached hydrogen (secondary N) is 1. The van der Waals surface area contributed by atoms with Crippen molar-refractivity contribution < 1.29 is 4.79 Å². The summed E-state index contributed by atoms with van der Waals surface area (Å²) in [6.07, 6.45) is 1.77. The van der Waals surface area contributed by atoms with Crippen LogP contribution >= 0.6 is 11.6 Å². The van der Waals surface area contributed by atoms with E-state index in [0.717, 1.165) is 37.2 Å². The van der Waals surface area contributed by atoms with Crippen LogP contribution in [0.15, 0.2) is 18.2 Å². The second-order valence-electron chi connectivity index (χ2n) is 4.86. The average Bonchev–Trinajstić information content (AvgIpc) is 2.46. The van der Waals surface area contributed by atoms with Crippen LogP contribution in [0.3, 0.4) is 0 Å². The Kier molecular flexibility index (Phi) is 4.66. The fourth-order valence-electron chi connectivity index (χ4n) is 2.50. The first kappa shape index (κ1) is 14.2. The van der Waals surface area contributed by atoms with Gasteiger partial charge in [0.15, 0.2) is 0 Å². The molecule has 1 aliphatic rings. The smallest absolute Gasteiger partial charge is 0.222 e. The summed E-state index contributed by atoms with van der Waals surface area (Å²) in [6.45, 7) is 2.23. The van der Waals surface area contributed by atoms with Gasteiger partial charge in [0.1, 0.15) is 0 Å². The maximum atomic E-state index is 11.6. The molecule has 4 nitrogen and oxygen atoms in total. The van der Waals surface area contributed by atoms with Gasteiger partial charge < -0.3 is 16.0 Å². The molecule has 19 heavy (non-hydrogen) atoms. The molecule has 0 bridgehead atoms. The molecule has 1 saturated heterocycles. The minimum Gasteiger partial charge on any atom is -0.371 e. The monoisotopic (exact) mass is 281 g/mol. The minimum atomic E-state index is 0.139. The first-order valence-corrected chi connectivity index (χ1v) is 6.98. The Balaban J connectivity index is 2.01. The Hall–Kier alpha value is -1.26. The largest absolute Gasteiger partial charge is 0.371 e. The van der Waals surface area contributed by atoms with E-state index in [1.807, 2.05) is 18.2 Å². The zero-order valence-electron chi connectivity index (χ0n) is 11.2. The van der Waals surface area contributed by atoms with Crippen LogP contribution in [0.4, 0.5) is 5.69 Å². The van der Waals surface area contributed by atoms with Crippen molar-refractivity contribution in [2.45, 2.75) is 19.4 Å². The van der Waals surface area contributed by atoms with E-state index >= 15 is 0 Å². The number of amides is 1. The molecule has 1 amide bonds. The molecule has 0 atom stereocenters. The van der Waals surface area contributed by atoms with E-state index in [4.69, 9.17) is 17.3 Å². The van der Waals surface area contributed by atoms with Crippen molar-refractivity contribution in [2.24, 2.45) is 11.7 Å². The zero-order valence-corrected chi connectivity index (χ0v) is 11.9. The topological polar surface area (TPSA) is 58.4 Å².